The third-order valence-electron chi connectivity index (χ3n) is 1.92. The molecule has 0 aliphatic rings. The molecule has 0 saturated carbocycles. The summed E-state index contributed by atoms with van der Waals surface area (Å²) in [5.74, 6) is 0.0577. The summed E-state index contributed by atoms with van der Waals surface area (Å²) < 4.78 is 17.6. The molecule has 0 aliphatic heterocycles. The molecule has 2 rings (SSSR count). The maximum absolute atomic E-state index is 12.6. The van der Waals surface area contributed by atoms with E-state index in [0.717, 1.165) is 6.20 Å². The van der Waals surface area contributed by atoms with Gasteiger partial charge in [-0.05, 0) is 30.3 Å². The maximum atomic E-state index is 12.6. The van der Waals surface area contributed by atoms with E-state index in [4.69, 9.17) is 4.42 Å². The van der Waals surface area contributed by atoms with Gasteiger partial charge in [0.15, 0.2) is 0 Å². The highest BCUT2D eigenvalue weighted by Crippen LogP contribution is 2.05. The summed E-state index contributed by atoms with van der Waals surface area (Å²) in [5.41, 5.74) is 0. The van der Waals surface area contributed by atoms with Gasteiger partial charge < -0.3 is 9.73 Å². The van der Waals surface area contributed by atoms with Gasteiger partial charge in [0.05, 0.1) is 12.5 Å². The van der Waals surface area contributed by atoms with Crippen molar-refractivity contribution in [3.8, 4) is 0 Å². The minimum Gasteiger partial charge on any atom is -0.465 e. The molecule has 2 heterocycles. The number of carbonyl (C=O) groups excluding carboxylic acids is 1. The average molecular weight is 232 g/mol. The van der Waals surface area contributed by atoms with Crippen LogP contribution in [0.1, 0.15) is 5.76 Å². The second kappa shape index (κ2) is 5.07. The van der Waals surface area contributed by atoms with Crippen LogP contribution >= 0.6 is 0 Å². The summed E-state index contributed by atoms with van der Waals surface area (Å²) in [6.07, 6.45) is 5.38. The molecule has 0 bridgehead atoms. The Labute approximate surface area is 96.8 Å². The molecule has 2 aromatic heterocycles. The van der Waals surface area contributed by atoms with Gasteiger partial charge in [-0.2, -0.15) is 0 Å². The Morgan fingerprint density at radius 1 is 1.41 bits per heavy atom. The van der Waals surface area contributed by atoms with E-state index in [1.54, 1.807) is 12.1 Å². The molecule has 0 aliphatic carbocycles. The summed E-state index contributed by atoms with van der Waals surface area (Å²) in [4.78, 5) is 15.1. The number of nitrogens with one attached hydrogen (secondary N) is 1. The quantitative estimate of drug-likeness (QED) is 0.827. The Morgan fingerprint density at radius 3 is 2.94 bits per heavy atom. The third kappa shape index (κ3) is 3.27. The van der Waals surface area contributed by atoms with Crippen molar-refractivity contribution in [3.05, 3.63) is 54.4 Å². The number of halogens is 1. The van der Waals surface area contributed by atoms with Gasteiger partial charge in [0, 0.05) is 6.08 Å². The van der Waals surface area contributed by atoms with Gasteiger partial charge in [-0.25, -0.2) is 9.37 Å². The summed E-state index contributed by atoms with van der Waals surface area (Å²) >= 11 is 0. The summed E-state index contributed by atoms with van der Waals surface area (Å²) in [6.45, 7) is 0. The number of furan rings is 1. The Balaban J connectivity index is 1.95. The smallest absolute Gasteiger partial charge is 0.249 e. The van der Waals surface area contributed by atoms with Crippen LogP contribution in [0.2, 0.25) is 0 Å². The summed E-state index contributed by atoms with van der Waals surface area (Å²) in [7, 11) is 0. The second-order valence-corrected chi connectivity index (χ2v) is 3.20. The fourth-order valence-electron chi connectivity index (χ4n) is 1.16. The minimum absolute atomic E-state index is 0.292. The van der Waals surface area contributed by atoms with Crippen molar-refractivity contribution >= 4 is 17.8 Å². The molecule has 1 N–H and O–H groups in total. The van der Waals surface area contributed by atoms with Crippen molar-refractivity contribution in [2.75, 3.05) is 5.32 Å². The van der Waals surface area contributed by atoms with Crippen molar-refractivity contribution in [3.63, 3.8) is 0 Å². The minimum atomic E-state index is -0.450. The first-order valence-corrected chi connectivity index (χ1v) is 4.88. The fourth-order valence-corrected chi connectivity index (χ4v) is 1.16. The van der Waals surface area contributed by atoms with Crippen LogP contribution in [0.15, 0.2) is 47.2 Å². The van der Waals surface area contributed by atoms with Gasteiger partial charge in [-0.1, -0.05) is 0 Å². The Bertz CT molecular complexity index is 518. The molecule has 0 radical (unpaired) electrons. The lowest BCUT2D eigenvalue weighted by atomic mass is 10.4. The first-order chi connectivity index (χ1) is 8.24. The standard InChI is InChI=1S/C12H9FN2O2/c13-9-3-5-11(14-8-9)15-12(16)6-4-10-2-1-7-17-10/h1-8H,(H,14,15,16). The molecule has 5 heteroatoms. The normalized spacial score (nSPS) is 10.6. The van der Waals surface area contributed by atoms with Crippen molar-refractivity contribution in [1.29, 1.82) is 0 Å². The predicted octanol–water partition coefficient (Wildman–Crippen LogP) is 2.47. The van der Waals surface area contributed by atoms with E-state index < -0.39 is 5.82 Å². The van der Waals surface area contributed by atoms with E-state index in [1.807, 2.05) is 0 Å². The molecule has 4 nitrogen and oxygen atoms in total. The average Bonchev–Trinajstić information content (AvgIpc) is 2.83. The Hall–Kier alpha value is -2.43. The van der Waals surface area contributed by atoms with Gasteiger partial charge >= 0.3 is 0 Å². The Kier molecular flexibility index (Phi) is 3.30. The van der Waals surface area contributed by atoms with E-state index in [1.165, 1.54) is 30.5 Å². The number of amides is 1. The van der Waals surface area contributed by atoms with Crippen LogP contribution in [0.4, 0.5) is 10.2 Å². The monoisotopic (exact) mass is 232 g/mol. The lowest BCUT2D eigenvalue weighted by Crippen LogP contribution is -2.08. The van der Waals surface area contributed by atoms with E-state index in [0.29, 0.717) is 11.6 Å². The fraction of sp³-hybridized carbons (Fsp3) is 0. The molecular weight excluding hydrogens is 223 g/mol. The molecule has 0 spiro atoms. The van der Waals surface area contributed by atoms with Crippen LogP contribution in [0.25, 0.3) is 6.08 Å². The molecule has 2 aromatic rings. The number of anilines is 1. The molecule has 1 amide bonds. The van der Waals surface area contributed by atoms with Crippen molar-refractivity contribution in [2.45, 2.75) is 0 Å². The first-order valence-electron chi connectivity index (χ1n) is 4.88. The second-order valence-electron chi connectivity index (χ2n) is 3.20. The number of hydrogen-bond donors (Lipinski definition) is 1. The van der Waals surface area contributed by atoms with Gasteiger partial charge in [0.2, 0.25) is 5.91 Å². The Morgan fingerprint density at radius 2 is 2.29 bits per heavy atom. The number of carbonyl (C=O) groups is 1. The number of pyridine rings is 1. The molecule has 17 heavy (non-hydrogen) atoms. The molecule has 86 valence electrons. The van der Waals surface area contributed by atoms with Gasteiger partial charge in [-0.15, -0.1) is 0 Å². The number of aromatic nitrogens is 1. The zero-order valence-electron chi connectivity index (χ0n) is 8.76. The molecule has 0 saturated heterocycles. The lowest BCUT2D eigenvalue weighted by Gasteiger charge is -1.99. The summed E-state index contributed by atoms with van der Waals surface area (Å²) in [6, 6.07) is 6.05. The SMILES string of the molecule is O=C(C=Cc1ccco1)Nc1ccc(F)cn1. The molecule has 0 unspecified atom stereocenters. The van der Waals surface area contributed by atoms with Gasteiger partial charge in [-0.3, -0.25) is 4.79 Å². The summed E-state index contributed by atoms with van der Waals surface area (Å²) in [5, 5.41) is 2.49. The van der Waals surface area contributed by atoms with Gasteiger partial charge in [0.25, 0.3) is 0 Å². The van der Waals surface area contributed by atoms with Crippen molar-refractivity contribution in [2.24, 2.45) is 0 Å². The van der Waals surface area contributed by atoms with Crippen LogP contribution in [0.3, 0.4) is 0 Å². The highest BCUT2D eigenvalue weighted by atomic mass is 19.1. The third-order valence-corrected chi connectivity index (χ3v) is 1.92. The van der Waals surface area contributed by atoms with Crippen molar-refractivity contribution in [1.82, 2.24) is 4.98 Å². The molecule has 0 fully saturated rings. The highest BCUT2D eigenvalue weighted by Gasteiger charge is 1.99. The highest BCUT2D eigenvalue weighted by molar-refractivity contribution is 6.01. The van der Waals surface area contributed by atoms with E-state index in [9.17, 15) is 9.18 Å². The predicted molar refractivity (Wildman–Crippen MR) is 60.6 cm³/mol. The molecule has 0 aromatic carbocycles. The number of rotatable bonds is 3. The number of nitrogens with zero attached hydrogens (tertiary/aromatic N) is 1. The van der Waals surface area contributed by atoms with Crippen LogP contribution < -0.4 is 5.32 Å². The van der Waals surface area contributed by atoms with Crippen LogP contribution in [-0.4, -0.2) is 10.9 Å². The topological polar surface area (TPSA) is 55.1 Å². The van der Waals surface area contributed by atoms with Gasteiger partial charge in [0.1, 0.15) is 17.4 Å². The largest absolute Gasteiger partial charge is 0.465 e. The van der Waals surface area contributed by atoms with Crippen LogP contribution in [0.5, 0.6) is 0 Å². The molecular formula is C12H9FN2O2. The van der Waals surface area contributed by atoms with E-state index >= 15 is 0 Å². The zero-order chi connectivity index (χ0) is 12.1. The van der Waals surface area contributed by atoms with Crippen LogP contribution in [0, 0.1) is 5.82 Å². The van der Waals surface area contributed by atoms with Crippen LogP contribution in [-0.2, 0) is 4.79 Å². The zero-order valence-corrected chi connectivity index (χ0v) is 8.76. The first kappa shape index (κ1) is 11.1. The van der Waals surface area contributed by atoms with E-state index in [2.05, 4.69) is 10.3 Å². The maximum Gasteiger partial charge on any atom is 0.249 e. The lowest BCUT2D eigenvalue weighted by molar-refractivity contribution is -0.111. The van der Waals surface area contributed by atoms with Crippen molar-refractivity contribution < 1.29 is 13.6 Å². The molecule has 0 atom stereocenters. The number of hydrogen-bond acceptors (Lipinski definition) is 3. The van der Waals surface area contributed by atoms with E-state index in [-0.39, 0.29) is 5.91 Å².